The molecule has 0 aliphatic rings. The fourth-order valence-electron chi connectivity index (χ4n) is 2.67. The third kappa shape index (κ3) is 2.76. The Labute approximate surface area is 143 Å². The minimum atomic E-state index is -1.08. The van der Waals surface area contributed by atoms with Crippen molar-refractivity contribution in [1.82, 2.24) is 9.55 Å². The van der Waals surface area contributed by atoms with E-state index in [1.807, 2.05) is 24.6 Å². The highest BCUT2D eigenvalue weighted by Gasteiger charge is 2.17. The molecular formula is C18H16ClFN2O2. The summed E-state index contributed by atoms with van der Waals surface area (Å²) in [4.78, 5) is 15.5. The second-order valence-corrected chi connectivity index (χ2v) is 6.12. The van der Waals surface area contributed by atoms with Crippen LogP contribution in [0.1, 0.15) is 36.8 Å². The number of carbonyl (C=O) groups is 1. The highest BCUT2D eigenvalue weighted by molar-refractivity contribution is 6.30. The number of fused-ring (bicyclic) bond motifs is 1. The molecule has 0 aliphatic heterocycles. The first-order valence-corrected chi connectivity index (χ1v) is 8.00. The van der Waals surface area contributed by atoms with Crippen molar-refractivity contribution in [2.24, 2.45) is 0 Å². The van der Waals surface area contributed by atoms with Gasteiger partial charge in [0.2, 0.25) is 0 Å². The fraction of sp³-hybridized carbons (Fsp3) is 0.222. The molecule has 2 aromatic heterocycles. The van der Waals surface area contributed by atoms with E-state index < -0.39 is 11.8 Å². The summed E-state index contributed by atoms with van der Waals surface area (Å²) in [7, 11) is 0. The van der Waals surface area contributed by atoms with Gasteiger partial charge in [-0.1, -0.05) is 24.6 Å². The van der Waals surface area contributed by atoms with E-state index >= 15 is 0 Å². The molecule has 0 spiro atoms. The molecule has 124 valence electrons. The van der Waals surface area contributed by atoms with Crippen LogP contribution in [0.3, 0.4) is 0 Å². The first-order chi connectivity index (χ1) is 11.4. The summed E-state index contributed by atoms with van der Waals surface area (Å²) < 4.78 is 15.8. The number of aromatic carboxylic acids is 1. The zero-order chi connectivity index (χ0) is 17.4. The number of aromatic nitrogens is 2. The van der Waals surface area contributed by atoms with Crippen molar-refractivity contribution in [3.63, 3.8) is 0 Å². The number of hydrogen-bond acceptors (Lipinski definition) is 2. The molecule has 6 heteroatoms. The van der Waals surface area contributed by atoms with Crippen LogP contribution in [0.5, 0.6) is 0 Å². The summed E-state index contributed by atoms with van der Waals surface area (Å²) >= 11 is 5.76. The van der Waals surface area contributed by atoms with E-state index in [0.29, 0.717) is 11.2 Å². The number of carboxylic acids is 1. The zero-order valence-corrected chi connectivity index (χ0v) is 14.0. The Bertz CT molecular complexity index is 936. The van der Waals surface area contributed by atoms with Crippen LogP contribution in [0.4, 0.5) is 4.39 Å². The first kappa shape index (κ1) is 16.5. The van der Waals surface area contributed by atoms with Crippen molar-refractivity contribution in [3.05, 3.63) is 53.1 Å². The monoisotopic (exact) mass is 346 g/mol. The highest BCUT2D eigenvalue weighted by atomic mass is 35.5. The SMILES string of the molecule is CC[C@H](C)n1cc(-c2ccc(Cl)c(F)c2)c2ccc(C(=O)O)nc21. The van der Waals surface area contributed by atoms with Crippen molar-refractivity contribution < 1.29 is 14.3 Å². The molecule has 4 nitrogen and oxygen atoms in total. The van der Waals surface area contributed by atoms with Crippen molar-refractivity contribution in [3.8, 4) is 11.1 Å². The van der Waals surface area contributed by atoms with E-state index in [1.165, 1.54) is 18.2 Å². The molecule has 2 heterocycles. The van der Waals surface area contributed by atoms with E-state index in [2.05, 4.69) is 4.98 Å². The van der Waals surface area contributed by atoms with Gasteiger partial charge in [-0.2, -0.15) is 0 Å². The molecule has 3 rings (SSSR count). The number of rotatable bonds is 4. The predicted octanol–water partition coefficient (Wildman–Crippen LogP) is 5.17. The van der Waals surface area contributed by atoms with Crippen LogP contribution in [0.15, 0.2) is 36.5 Å². The van der Waals surface area contributed by atoms with Gasteiger partial charge >= 0.3 is 5.97 Å². The summed E-state index contributed by atoms with van der Waals surface area (Å²) in [5.41, 5.74) is 2.03. The van der Waals surface area contributed by atoms with Crippen LogP contribution in [-0.2, 0) is 0 Å². The Balaban J connectivity index is 2.28. The second kappa shape index (κ2) is 6.24. The van der Waals surface area contributed by atoms with E-state index in [1.54, 1.807) is 12.1 Å². The summed E-state index contributed by atoms with van der Waals surface area (Å²) in [6, 6.07) is 7.94. The lowest BCUT2D eigenvalue weighted by Gasteiger charge is -2.11. The van der Waals surface area contributed by atoms with Crippen molar-refractivity contribution in [2.75, 3.05) is 0 Å². The lowest BCUT2D eigenvalue weighted by atomic mass is 10.1. The van der Waals surface area contributed by atoms with Gasteiger partial charge in [0.15, 0.2) is 5.69 Å². The average Bonchev–Trinajstić information content (AvgIpc) is 2.95. The molecule has 0 unspecified atom stereocenters. The van der Waals surface area contributed by atoms with Gasteiger partial charge in [0.1, 0.15) is 11.5 Å². The van der Waals surface area contributed by atoms with Gasteiger partial charge in [0, 0.05) is 23.2 Å². The standard InChI is InChI=1S/C18H16ClFN2O2/c1-3-10(2)22-9-13(11-4-6-14(19)15(20)8-11)12-5-7-16(18(23)24)21-17(12)22/h4-10H,3H2,1-2H3,(H,23,24)/t10-/m0/s1. The van der Waals surface area contributed by atoms with E-state index in [4.69, 9.17) is 11.6 Å². The molecular weight excluding hydrogens is 331 g/mol. The molecule has 0 amide bonds. The smallest absolute Gasteiger partial charge is 0.354 e. The van der Waals surface area contributed by atoms with Crippen LogP contribution >= 0.6 is 11.6 Å². The summed E-state index contributed by atoms with van der Waals surface area (Å²) in [5, 5.41) is 10.0. The molecule has 0 saturated heterocycles. The van der Waals surface area contributed by atoms with Gasteiger partial charge in [-0.05, 0) is 43.2 Å². The Kier molecular flexibility index (Phi) is 4.28. The molecule has 0 aliphatic carbocycles. The Morgan fingerprint density at radius 1 is 1.38 bits per heavy atom. The maximum atomic E-state index is 13.8. The molecule has 0 radical (unpaired) electrons. The largest absolute Gasteiger partial charge is 0.477 e. The lowest BCUT2D eigenvalue weighted by Crippen LogP contribution is -2.06. The lowest BCUT2D eigenvalue weighted by molar-refractivity contribution is 0.0691. The van der Waals surface area contributed by atoms with Crippen molar-refractivity contribution >= 4 is 28.6 Å². The Morgan fingerprint density at radius 2 is 2.12 bits per heavy atom. The average molecular weight is 347 g/mol. The molecule has 0 saturated carbocycles. The number of nitrogens with zero attached hydrogens (tertiary/aromatic N) is 2. The molecule has 1 N–H and O–H groups in total. The van der Waals surface area contributed by atoms with E-state index in [0.717, 1.165) is 17.4 Å². The third-order valence-electron chi connectivity index (χ3n) is 4.19. The summed E-state index contributed by atoms with van der Waals surface area (Å²) in [5.74, 6) is -1.57. The molecule has 1 atom stereocenters. The number of benzene rings is 1. The van der Waals surface area contributed by atoms with E-state index in [-0.39, 0.29) is 16.8 Å². The summed E-state index contributed by atoms with van der Waals surface area (Å²) in [6.45, 7) is 4.07. The zero-order valence-electron chi connectivity index (χ0n) is 13.3. The highest BCUT2D eigenvalue weighted by Crippen LogP contribution is 2.34. The van der Waals surface area contributed by atoms with Gasteiger partial charge < -0.3 is 9.67 Å². The van der Waals surface area contributed by atoms with Crippen LogP contribution in [0.25, 0.3) is 22.2 Å². The number of halogens is 2. The van der Waals surface area contributed by atoms with Crippen LogP contribution < -0.4 is 0 Å². The first-order valence-electron chi connectivity index (χ1n) is 7.62. The second-order valence-electron chi connectivity index (χ2n) is 5.71. The van der Waals surface area contributed by atoms with Crippen molar-refractivity contribution in [1.29, 1.82) is 0 Å². The molecule has 0 fully saturated rings. The van der Waals surface area contributed by atoms with Gasteiger partial charge in [0.25, 0.3) is 0 Å². The number of carboxylic acid groups (broad SMARTS) is 1. The molecule has 24 heavy (non-hydrogen) atoms. The quantitative estimate of drug-likeness (QED) is 0.709. The van der Waals surface area contributed by atoms with E-state index in [9.17, 15) is 14.3 Å². The van der Waals surface area contributed by atoms with Crippen LogP contribution in [0, 0.1) is 5.82 Å². The van der Waals surface area contributed by atoms with Crippen molar-refractivity contribution in [2.45, 2.75) is 26.3 Å². The Hall–Kier alpha value is -2.40. The predicted molar refractivity (Wildman–Crippen MR) is 92.1 cm³/mol. The van der Waals surface area contributed by atoms with Crippen LogP contribution in [0.2, 0.25) is 5.02 Å². The topological polar surface area (TPSA) is 55.1 Å². The third-order valence-corrected chi connectivity index (χ3v) is 4.50. The van der Waals surface area contributed by atoms with Gasteiger partial charge in [-0.3, -0.25) is 0 Å². The molecule has 3 aromatic rings. The maximum Gasteiger partial charge on any atom is 0.354 e. The molecule has 1 aromatic carbocycles. The maximum absolute atomic E-state index is 13.8. The van der Waals surface area contributed by atoms with Gasteiger partial charge in [0.05, 0.1) is 5.02 Å². The fourth-order valence-corrected chi connectivity index (χ4v) is 2.79. The minimum Gasteiger partial charge on any atom is -0.477 e. The van der Waals surface area contributed by atoms with Crippen LogP contribution in [-0.4, -0.2) is 20.6 Å². The van der Waals surface area contributed by atoms with Gasteiger partial charge in [-0.15, -0.1) is 0 Å². The number of hydrogen-bond donors (Lipinski definition) is 1. The summed E-state index contributed by atoms with van der Waals surface area (Å²) in [6.07, 6.45) is 2.75. The van der Waals surface area contributed by atoms with Gasteiger partial charge in [-0.25, -0.2) is 14.2 Å². The Morgan fingerprint density at radius 3 is 2.75 bits per heavy atom. The minimum absolute atomic E-state index is 0.0148. The normalized spacial score (nSPS) is 12.5. The molecule has 0 bridgehead atoms. The number of pyridine rings is 1.